The third-order valence-corrected chi connectivity index (χ3v) is 3.10. The fraction of sp³-hybridized carbons (Fsp3) is 0.375. The number of rotatable bonds is 1. The average Bonchev–Trinajstić information content (AvgIpc) is 2.70. The minimum atomic E-state index is 0.746. The van der Waals surface area contributed by atoms with Crippen molar-refractivity contribution >= 4 is 21.2 Å². The molecule has 58 valence electrons. The molecule has 0 spiro atoms. The average molecular weight is 164 g/mol. The van der Waals surface area contributed by atoms with E-state index in [1.165, 1.54) is 23.6 Å². The van der Waals surface area contributed by atoms with Gasteiger partial charge in [0.25, 0.3) is 0 Å². The molecule has 0 saturated heterocycles. The van der Waals surface area contributed by atoms with Crippen LogP contribution in [0.4, 0.5) is 5.82 Å². The molecule has 0 bridgehead atoms. The van der Waals surface area contributed by atoms with Crippen molar-refractivity contribution < 1.29 is 0 Å². The molecule has 0 atom stereocenters. The van der Waals surface area contributed by atoms with Gasteiger partial charge >= 0.3 is 0 Å². The van der Waals surface area contributed by atoms with Gasteiger partial charge in [0.1, 0.15) is 5.82 Å². The van der Waals surface area contributed by atoms with E-state index >= 15 is 0 Å². The molecule has 1 aromatic rings. The summed E-state index contributed by atoms with van der Waals surface area (Å²) in [7, 11) is 1.09. The molecular formula is C8H12N2Si. The van der Waals surface area contributed by atoms with Crippen molar-refractivity contribution in [2.24, 2.45) is 0 Å². The quantitative estimate of drug-likeness (QED) is 0.570. The Hall–Kier alpha value is -0.833. The molecule has 0 aromatic carbocycles. The van der Waals surface area contributed by atoms with E-state index in [1.54, 1.807) is 0 Å². The molecule has 1 saturated carbocycles. The second-order valence-corrected chi connectivity index (χ2v) is 4.28. The van der Waals surface area contributed by atoms with E-state index < -0.39 is 0 Å². The topological polar surface area (TPSA) is 38.9 Å². The number of aromatic nitrogens is 1. The summed E-state index contributed by atoms with van der Waals surface area (Å²) in [6.45, 7) is 0. The highest BCUT2D eigenvalue weighted by Gasteiger charge is 2.27. The predicted molar refractivity (Wildman–Crippen MR) is 50.2 cm³/mol. The highest BCUT2D eigenvalue weighted by Crippen LogP contribution is 2.40. The van der Waals surface area contributed by atoms with Gasteiger partial charge in [0.15, 0.2) is 0 Å². The van der Waals surface area contributed by atoms with Gasteiger partial charge in [-0.2, -0.15) is 0 Å². The van der Waals surface area contributed by atoms with Crippen molar-refractivity contribution in [1.29, 1.82) is 0 Å². The van der Waals surface area contributed by atoms with Crippen LogP contribution >= 0.6 is 0 Å². The molecule has 0 radical (unpaired) electrons. The number of hydrogen-bond donors (Lipinski definition) is 1. The molecule has 1 aromatic heterocycles. The second-order valence-electron chi connectivity index (χ2n) is 3.20. The fourth-order valence-electron chi connectivity index (χ4n) is 1.49. The van der Waals surface area contributed by atoms with Crippen molar-refractivity contribution in [3.05, 3.63) is 17.8 Å². The summed E-state index contributed by atoms with van der Waals surface area (Å²) < 4.78 is 0. The number of hydrogen-bond acceptors (Lipinski definition) is 2. The van der Waals surface area contributed by atoms with E-state index in [-0.39, 0.29) is 0 Å². The van der Waals surface area contributed by atoms with Gasteiger partial charge in [-0.3, -0.25) is 0 Å². The van der Waals surface area contributed by atoms with Crippen molar-refractivity contribution in [2.45, 2.75) is 18.8 Å². The SMILES string of the molecule is Nc1nccc([SiH3])c1C1CC1. The first kappa shape index (κ1) is 6.85. The zero-order valence-corrected chi connectivity index (χ0v) is 8.67. The summed E-state index contributed by atoms with van der Waals surface area (Å²) in [5.41, 5.74) is 7.12. The zero-order chi connectivity index (χ0) is 7.84. The largest absolute Gasteiger partial charge is 0.383 e. The van der Waals surface area contributed by atoms with Gasteiger partial charge in [-0.1, -0.05) is 5.19 Å². The summed E-state index contributed by atoms with van der Waals surface area (Å²) in [6, 6.07) is 2.09. The standard InChI is InChI=1S/C8H12N2Si/c9-8-7(5-1-2-5)6(11)3-4-10-8/h3-5H,1-2H2,11H3,(H2,9,10). The zero-order valence-electron chi connectivity index (χ0n) is 6.67. The van der Waals surface area contributed by atoms with Crippen LogP contribution in [-0.4, -0.2) is 15.2 Å². The van der Waals surface area contributed by atoms with Crippen molar-refractivity contribution in [2.75, 3.05) is 5.73 Å². The lowest BCUT2D eigenvalue weighted by molar-refractivity contribution is 1.12. The van der Waals surface area contributed by atoms with E-state index in [1.807, 2.05) is 6.20 Å². The van der Waals surface area contributed by atoms with Crippen LogP contribution in [0.3, 0.4) is 0 Å². The van der Waals surface area contributed by atoms with E-state index in [9.17, 15) is 0 Å². The monoisotopic (exact) mass is 164 g/mol. The van der Waals surface area contributed by atoms with E-state index in [2.05, 4.69) is 11.1 Å². The third-order valence-electron chi connectivity index (χ3n) is 2.22. The van der Waals surface area contributed by atoms with Crippen molar-refractivity contribution in [3.63, 3.8) is 0 Å². The number of nitrogens with zero attached hydrogens (tertiary/aromatic N) is 1. The van der Waals surface area contributed by atoms with Crippen LogP contribution in [-0.2, 0) is 0 Å². The third kappa shape index (κ3) is 1.16. The lowest BCUT2D eigenvalue weighted by Gasteiger charge is -2.05. The Labute approximate surface area is 69.3 Å². The van der Waals surface area contributed by atoms with Gasteiger partial charge in [0, 0.05) is 16.4 Å². The van der Waals surface area contributed by atoms with Crippen LogP contribution in [0.1, 0.15) is 24.3 Å². The maximum atomic E-state index is 5.77. The highest BCUT2D eigenvalue weighted by atomic mass is 28.1. The van der Waals surface area contributed by atoms with Gasteiger partial charge in [-0.25, -0.2) is 4.98 Å². The van der Waals surface area contributed by atoms with Crippen molar-refractivity contribution in [3.8, 4) is 0 Å². The van der Waals surface area contributed by atoms with Gasteiger partial charge in [-0.15, -0.1) is 0 Å². The fourth-order valence-corrected chi connectivity index (χ4v) is 2.31. The molecule has 3 heteroatoms. The molecule has 0 amide bonds. The molecule has 1 fully saturated rings. The molecule has 0 unspecified atom stereocenters. The first-order valence-corrected chi connectivity index (χ1v) is 5.00. The lowest BCUT2D eigenvalue weighted by atomic mass is 10.2. The minimum Gasteiger partial charge on any atom is -0.383 e. The second kappa shape index (κ2) is 2.34. The summed E-state index contributed by atoms with van der Waals surface area (Å²) in [5, 5.41) is 1.43. The molecule has 2 N–H and O–H groups in total. The molecular weight excluding hydrogens is 152 g/mol. The molecule has 2 nitrogen and oxygen atoms in total. The summed E-state index contributed by atoms with van der Waals surface area (Å²) >= 11 is 0. The summed E-state index contributed by atoms with van der Waals surface area (Å²) in [4.78, 5) is 4.10. The molecule has 1 aliphatic carbocycles. The van der Waals surface area contributed by atoms with Crippen LogP contribution < -0.4 is 10.9 Å². The van der Waals surface area contributed by atoms with Crippen molar-refractivity contribution in [1.82, 2.24) is 4.98 Å². The van der Waals surface area contributed by atoms with E-state index in [0.29, 0.717) is 0 Å². The Morgan fingerprint density at radius 1 is 1.55 bits per heavy atom. The Kier molecular flexibility index (Phi) is 1.46. The minimum absolute atomic E-state index is 0.746. The van der Waals surface area contributed by atoms with Gasteiger partial charge < -0.3 is 5.73 Å². The van der Waals surface area contributed by atoms with Gasteiger partial charge in [0.05, 0.1) is 0 Å². The number of nitrogens with two attached hydrogens (primary N) is 1. The molecule has 2 rings (SSSR count). The van der Waals surface area contributed by atoms with E-state index in [0.717, 1.165) is 22.0 Å². The molecule has 0 aliphatic heterocycles. The van der Waals surface area contributed by atoms with Crippen LogP contribution in [0.2, 0.25) is 0 Å². The van der Waals surface area contributed by atoms with Gasteiger partial charge in [-0.05, 0) is 30.4 Å². The Balaban J connectivity index is 2.48. The first-order chi connectivity index (χ1) is 5.29. The van der Waals surface area contributed by atoms with Crippen LogP contribution in [0.5, 0.6) is 0 Å². The smallest absolute Gasteiger partial charge is 0.126 e. The van der Waals surface area contributed by atoms with E-state index in [4.69, 9.17) is 5.73 Å². The first-order valence-electron chi connectivity index (χ1n) is 4.00. The molecule has 1 aliphatic rings. The maximum absolute atomic E-state index is 5.77. The lowest BCUT2D eigenvalue weighted by Crippen LogP contribution is -2.13. The van der Waals surface area contributed by atoms with Crippen LogP contribution in [0.25, 0.3) is 0 Å². The molecule has 1 heterocycles. The number of nitrogen functional groups attached to an aromatic ring is 1. The Bertz CT molecular complexity index is 261. The Morgan fingerprint density at radius 2 is 2.27 bits per heavy atom. The number of anilines is 1. The van der Waals surface area contributed by atoms with Gasteiger partial charge in [0.2, 0.25) is 0 Å². The van der Waals surface area contributed by atoms with Crippen LogP contribution in [0, 0.1) is 0 Å². The number of pyridine rings is 1. The normalized spacial score (nSPS) is 17.1. The Morgan fingerprint density at radius 3 is 2.82 bits per heavy atom. The summed E-state index contributed by atoms with van der Waals surface area (Å²) in [5.74, 6) is 1.51. The summed E-state index contributed by atoms with van der Waals surface area (Å²) in [6.07, 6.45) is 4.43. The van der Waals surface area contributed by atoms with Crippen LogP contribution in [0.15, 0.2) is 12.3 Å². The highest BCUT2D eigenvalue weighted by molar-refractivity contribution is 6.33. The maximum Gasteiger partial charge on any atom is 0.126 e. The molecule has 11 heavy (non-hydrogen) atoms. The predicted octanol–water partition coefficient (Wildman–Crippen LogP) is -0.468.